The maximum atomic E-state index is 13.6. The first kappa shape index (κ1) is 17.7. The molecule has 0 saturated carbocycles. The lowest BCUT2D eigenvalue weighted by molar-refractivity contribution is 0.102. The average Bonchev–Trinajstić information content (AvgIpc) is 2.62. The summed E-state index contributed by atoms with van der Waals surface area (Å²) in [5, 5.41) is 2.50. The Hall–Kier alpha value is -3.13. The number of nitrogens with zero attached hydrogens (tertiary/aromatic N) is 1. The van der Waals surface area contributed by atoms with Gasteiger partial charge in [0.15, 0.2) is 17.5 Å². The minimum Gasteiger partial charge on any atom is -0.319 e. The van der Waals surface area contributed by atoms with Crippen LogP contribution in [-0.2, 0) is 0 Å². The van der Waals surface area contributed by atoms with Crippen LogP contribution in [0.4, 0.5) is 18.9 Å². The summed E-state index contributed by atoms with van der Waals surface area (Å²) in [6.07, 6.45) is 0.996. The molecule has 1 amide bonds. The molecule has 9 heteroatoms. The molecule has 2 aromatic carbocycles. The van der Waals surface area contributed by atoms with Gasteiger partial charge in [-0.2, -0.15) is 0 Å². The molecule has 0 fully saturated rings. The number of rotatable bonds is 3. The number of nitrogens with one attached hydrogen (secondary N) is 2. The summed E-state index contributed by atoms with van der Waals surface area (Å²) in [5.41, 5.74) is -1.25. The smallest absolute Gasteiger partial charge is 0.264 e. The van der Waals surface area contributed by atoms with Crippen molar-refractivity contribution in [2.75, 3.05) is 5.32 Å². The van der Waals surface area contributed by atoms with Gasteiger partial charge in [-0.25, -0.2) is 18.2 Å². The molecule has 26 heavy (non-hydrogen) atoms. The Balaban J connectivity index is 1.88. The quantitative estimate of drug-likeness (QED) is 0.680. The summed E-state index contributed by atoms with van der Waals surface area (Å²) in [4.78, 5) is 30.6. The molecule has 0 radical (unpaired) electrons. The van der Waals surface area contributed by atoms with Crippen molar-refractivity contribution in [3.63, 3.8) is 0 Å². The maximum absolute atomic E-state index is 13.6. The molecule has 0 saturated heterocycles. The van der Waals surface area contributed by atoms with E-state index in [0.717, 1.165) is 12.3 Å². The predicted octanol–water partition coefficient (Wildman–Crippen LogP) is 3.76. The molecule has 0 bridgehead atoms. The van der Waals surface area contributed by atoms with Crippen LogP contribution in [0, 0.1) is 17.5 Å². The fourth-order valence-electron chi connectivity index (χ4n) is 2.12. The summed E-state index contributed by atoms with van der Waals surface area (Å²) in [5.74, 6) is -5.52. The van der Waals surface area contributed by atoms with Gasteiger partial charge in [0.25, 0.3) is 11.5 Å². The number of hydrogen-bond donors (Lipinski definition) is 2. The first-order valence-corrected chi connectivity index (χ1v) is 7.54. The number of aromatic nitrogens is 2. The number of amides is 1. The summed E-state index contributed by atoms with van der Waals surface area (Å²) in [6, 6.07) is 7.94. The van der Waals surface area contributed by atoms with Crippen LogP contribution in [0.15, 0.2) is 47.4 Å². The second-order valence-electron chi connectivity index (χ2n) is 5.16. The van der Waals surface area contributed by atoms with Crippen LogP contribution >= 0.6 is 11.6 Å². The molecule has 0 aliphatic carbocycles. The number of H-pyrrole nitrogens is 1. The minimum atomic E-state index is -1.73. The van der Waals surface area contributed by atoms with Crippen molar-refractivity contribution >= 4 is 23.2 Å². The van der Waals surface area contributed by atoms with Crippen molar-refractivity contribution in [2.45, 2.75) is 0 Å². The number of benzene rings is 2. The van der Waals surface area contributed by atoms with Crippen molar-refractivity contribution in [1.29, 1.82) is 0 Å². The van der Waals surface area contributed by atoms with Gasteiger partial charge in [-0.1, -0.05) is 11.6 Å². The van der Waals surface area contributed by atoms with Crippen LogP contribution in [0.3, 0.4) is 0 Å². The Kier molecular flexibility index (Phi) is 4.77. The molecule has 2 N–H and O–H groups in total. The van der Waals surface area contributed by atoms with E-state index in [-0.39, 0.29) is 5.82 Å². The number of anilines is 1. The van der Waals surface area contributed by atoms with E-state index in [0.29, 0.717) is 16.7 Å². The fourth-order valence-corrected chi connectivity index (χ4v) is 2.25. The highest BCUT2D eigenvalue weighted by molar-refractivity contribution is 6.30. The van der Waals surface area contributed by atoms with Gasteiger partial charge in [0, 0.05) is 16.8 Å². The summed E-state index contributed by atoms with van der Waals surface area (Å²) in [6.45, 7) is 0. The second-order valence-corrected chi connectivity index (χ2v) is 5.59. The standard InChI is InChI=1S/C17H9ClF3N3O2/c18-9-3-1-8(2-4-9)15-22-7-10(17(26)24-15)16(25)23-12-6-5-11(19)13(20)14(12)21/h1-7H,(H,23,25)(H,22,24,26). The molecule has 3 aromatic rings. The van der Waals surface area contributed by atoms with E-state index in [2.05, 4.69) is 9.97 Å². The van der Waals surface area contributed by atoms with E-state index in [1.165, 1.54) is 0 Å². The number of carbonyl (C=O) groups excluding carboxylic acids is 1. The van der Waals surface area contributed by atoms with Crippen molar-refractivity contribution in [1.82, 2.24) is 9.97 Å². The van der Waals surface area contributed by atoms with Crippen LogP contribution in [0.5, 0.6) is 0 Å². The van der Waals surface area contributed by atoms with Gasteiger partial charge in [-0.3, -0.25) is 9.59 Å². The molecule has 132 valence electrons. The Morgan fingerprint density at radius 1 is 1.04 bits per heavy atom. The number of hydrogen-bond acceptors (Lipinski definition) is 3. The van der Waals surface area contributed by atoms with Gasteiger partial charge in [-0.15, -0.1) is 0 Å². The van der Waals surface area contributed by atoms with Gasteiger partial charge >= 0.3 is 0 Å². The number of carbonyl (C=O) groups is 1. The van der Waals surface area contributed by atoms with Gasteiger partial charge < -0.3 is 10.3 Å². The van der Waals surface area contributed by atoms with Gasteiger partial charge in [-0.05, 0) is 36.4 Å². The van der Waals surface area contributed by atoms with Crippen LogP contribution < -0.4 is 10.9 Å². The Labute approximate surface area is 149 Å². The average molecular weight is 380 g/mol. The largest absolute Gasteiger partial charge is 0.319 e. The molecular weight excluding hydrogens is 371 g/mol. The van der Waals surface area contributed by atoms with Crippen molar-refractivity contribution in [3.8, 4) is 11.4 Å². The Bertz CT molecular complexity index is 1050. The molecule has 0 unspecified atom stereocenters. The summed E-state index contributed by atoms with van der Waals surface area (Å²) < 4.78 is 39.7. The van der Waals surface area contributed by atoms with E-state index in [9.17, 15) is 22.8 Å². The SMILES string of the molecule is O=C(Nc1ccc(F)c(F)c1F)c1cnc(-c2ccc(Cl)cc2)[nH]c1=O. The molecule has 0 aliphatic heterocycles. The third-order valence-corrected chi connectivity index (χ3v) is 3.70. The summed E-state index contributed by atoms with van der Waals surface area (Å²) >= 11 is 5.78. The molecular formula is C17H9ClF3N3O2. The molecule has 0 atom stereocenters. The van der Waals surface area contributed by atoms with Crippen LogP contribution in [-0.4, -0.2) is 15.9 Å². The zero-order valence-electron chi connectivity index (χ0n) is 12.8. The highest BCUT2D eigenvalue weighted by Gasteiger charge is 2.18. The number of halogens is 4. The van der Waals surface area contributed by atoms with E-state index >= 15 is 0 Å². The molecule has 1 aromatic heterocycles. The van der Waals surface area contributed by atoms with E-state index < -0.39 is 40.2 Å². The van der Waals surface area contributed by atoms with Gasteiger partial charge in [0.05, 0.1) is 5.69 Å². The van der Waals surface area contributed by atoms with E-state index in [1.807, 2.05) is 5.32 Å². The second kappa shape index (κ2) is 7.01. The van der Waals surface area contributed by atoms with Crippen LogP contribution in [0.1, 0.15) is 10.4 Å². The lowest BCUT2D eigenvalue weighted by Crippen LogP contribution is -2.24. The normalized spacial score (nSPS) is 10.6. The molecule has 3 rings (SSSR count). The van der Waals surface area contributed by atoms with Gasteiger partial charge in [0.2, 0.25) is 0 Å². The van der Waals surface area contributed by atoms with E-state index in [4.69, 9.17) is 11.6 Å². The zero-order chi connectivity index (χ0) is 18.8. The molecule has 5 nitrogen and oxygen atoms in total. The van der Waals surface area contributed by atoms with Crippen LogP contribution in [0.25, 0.3) is 11.4 Å². The third-order valence-electron chi connectivity index (χ3n) is 3.44. The Morgan fingerprint density at radius 2 is 1.73 bits per heavy atom. The molecule has 0 spiro atoms. The third kappa shape index (κ3) is 3.45. The molecule has 1 heterocycles. The zero-order valence-corrected chi connectivity index (χ0v) is 13.6. The highest BCUT2D eigenvalue weighted by Crippen LogP contribution is 2.20. The van der Waals surface area contributed by atoms with E-state index in [1.54, 1.807) is 24.3 Å². The summed E-state index contributed by atoms with van der Waals surface area (Å²) in [7, 11) is 0. The van der Waals surface area contributed by atoms with Gasteiger partial charge in [0.1, 0.15) is 11.4 Å². The Morgan fingerprint density at radius 3 is 2.38 bits per heavy atom. The highest BCUT2D eigenvalue weighted by atomic mass is 35.5. The molecule has 0 aliphatic rings. The predicted molar refractivity (Wildman–Crippen MR) is 89.6 cm³/mol. The van der Waals surface area contributed by atoms with Crippen molar-refractivity contribution in [3.05, 3.63) is 81.0 Å². The minimum absolute atomic E-state index is 0.197. The first-order chi connectivity index (χ1) is 12.4. The van der Waals surface area contributed by atoms with Crippen LogP contribution in [0.2, 0.25) is 5.02 Å². The maximum Gasteiger partial charge on any atom is 0.264 e. The lowest BCUT2D eigenvalue weighted by atomic mass is 10.2. The lowest BCUT2D eigenvalue weighted by Gasteiger charge is -2.07. The first-order valence-electron chi connectivity index (χ1n) is 7.17. The van der Waals surface area contributed by atoms with Crippen molar-refractivity contribution < 1.29 is 18.0 Å². The monoisotopic (exact) mass is 379 g/mol. The topological polar surface area (TPSA) is 74.8 Å². The number of aromatic amines is 1. The fraction of sp³-hybridized carbons (Fsp3) is 0. The van der Waals surface area contributed by atoms with Crippen molar-refractivity contribution in [2.24, 2.45) is 0 Å².